The van der Waals surface area contributed by atoms with E-state index in [4.69, 9.17) is 10.5 Å². The third-order valence-corrected chi connectivity index (χ3v) is 2.75. The predicted molar refractivity (Wildman–Crippen MR) is 75.8 cm³/mol. The van der Waals surface area contributed by atoms with E-state index in [9.17, 15) is 0 Å². The maximum absolute atomic E-state index is 6.02. The molecule has 1 rings (SSSR count). The summed E-state index contributed by atoms with van der Waals surface area (Å²) in [7, 11) is 1.87. The van der Waals surface area contributed by atoms with E-state index in [-0.39, 0.29) is 6.04 Å². The van der Waals surface area contributed by atoms with Crippen LogP contribution in [-0.4, -0.2) is 24.6 Å². The van der Waals surface area contributed by atoms with Gasteiger partial charge >= 0.3 is 0 Å². The van der Waals surface area contributed by atoms with Crippen LogP contribution in [0.2, 0.25) is 0 Å². The van der Waals surface area contributed by atoms with Gasteiger partial charge < -0.3 is 15.4 Å². The quantitative estimate of drug-likeness (QED) is 0.751. The maximum Gasteiger partial charge on any atom is 0.185 e. The fourth-order valence-electron chi connectivity index (χ4n) is 1.49. The minimum absolute atomic E-state index is 0.0392. The van der Waals surface area contributed by atoms with Gasteiger partial charge in [-0.25, -0.2) is 0 Å². The van der Waals surface area contributed by atoms with Crippen molar-refractivity contribution in [1.82, 2.24) is 4.90 Å². The fraction of sp³-hybridized carbons (Fsp3) is 0.333. The van der Waals surface area contributed by atoms with E-state index in [1.54, 1.807) is 4.90 Å². The average molecular weight is 246 g/mol. The number of nitrogens with two attached hydrogens (primary N) is 1. The highest BCUT2D eigenvalue weighted by Crippen LogP contribution is 2.08. The molecule has 0 fully saturated rings. The van der Waals surface area contributed by atoms with Crippen LogP contribution in [0.4, 0.5) is 0 Å². The Morgan fingerprint density at radius 3 is 2.50 bits per heavy atom. The second kappa shape index (κ2) is 6.87. The summed E-state index contributed by atoms with van der Waals surface area (Å²) in [5.41, 5.74) is 8.12. The fourth-order valence-corrected chi connectivity index (χ4v) is 1.49. The summed E-state index contributed by atoms with van der Waals surface area (Å²) in [4.78, 5) is 1.80. The summed E-state index contributed by atoms with van der Waals surface area (Å²) in [6.45, 7) is 10.0. The molecule has 1 aromatic rings. The molecule has 0 radical (unpaired) electrons. The Morgan fingerprint density at radius 2 is 1.94 bits per heavy atom. The van der Waals surface area contributed by atoms with Gasteiger partial charge in [-0.15, -0.1) is 0 Å². The largest absolute Gasteiger partial charge is 0.478 e. The molecule has 3 heteroatoms. The van der Waals surface area contributed by atoms with Crippen molar-refractivity contribution in [3.8, 4) is 0 Å². The SMILES string of the molecule is C=C(C)N(C)C(=C)OC[C@H](N)Cc1ccccc1. The minimum Gasteiger partial charge on any atom is -0.478 e. The lowest BCUT2D eigenvalue weighted by Crippen LogP contribution is -2.30. The van der Waals surface area contributed by atoms with E-state index in [1.807, 2.05) is 32.2 Å². The summed E-state index contributed by atoms with van der Waals surface area (Å²) in [5.74, 6) is 0.575. The van der Waals surface area contributed by atoms with E-state index < -0.39 is 0 Å². The number of allylic oxidation sites excluding steroid dienone is 1. The van der Waals surface area contributed by atoms with Crippen molar-refractivity contribution >= 4 is 0 Å². The van der Waals surface area contributed by atoms with Crippen molar-refractivity contribution in [2.45, 2.75) is 19.4 Å². The molecule has 1 atom stereocenters. The summed E-state index contributed by atoms with van der Waals surface area (Å²) in [6, 6.07) is 10.1. The zero-order valence-corrected chi connectivity index (χ0v) is 11.2. The Kier molecular flexibility index (Phi) is 5.46. The Bertz CT molecular complexity index is 400. The van der Waals surface area contributed by atoms with Crippen molar-refractivity contribution in [2.75, 3.05) is 13.7 Å². The van der Waals surface area contributed by atoms with Gasteiger partial charge in [0.05, 0.1) is 0 Å². The zero-order chi connectivity index (χ0) is 13.5. The first kappa shape index (κ1) is 14.3. The van der Waals surface area contributed by atoms with E-state index >= 15 is 0 Å². The number of hydrogen-bond acceptors (Lipinski definition) is 3. The van der Waals surface area contributed by atoms with Gasteiger partial charge in [0, 0.05) is 18.8 Å². The van der Waals surface area contributed by atoms with Crippen molar-refractivity contribution in [3.05, 3.63) is 60.6 Å². The van der Waals surface area contributed by atoms with Crippen molar-refractivity contribution in [3.63, 3.8) is 0 Å². The van der Waals surface area contributed by atoms with E-state index in [0.717, 1.165) is 12.1 Å². The topological polar surface area (TPSA) is 38.5 Å². The minimum atomic E-state index is -0.0392. The van der Waals surface area contributed by atoms with Gasteiger partial charge in [-0.1, -0.05) is 36.9 Å². The lowest BCUT2D eigenvalue weighted by atomic mass is 10.1. The molecule has 0 unspecified atom stereocenters. The van der Waals surface area contributed by atoms with Gasteiger partial charge in [-0.2, -0.15) is 0 Å². The third kappa shape index (κ3) is 4.63. The van der Waals surface area contributed by atoms with Crippen LogP contribution in [0.25, 0.3) is 0 Å². The van der Waals surface area contributed by atoms with Crippen molar-refractivity contribution < 1.29 is 4.74 Å². The van der Waals surface area contributed by atoms with Crippen LogP contribution in [0.3, 0.4) is 0 Å². The second-order valence-electron chi connectivity index (χ2n) is 4.45. The molecule has 0 aliphatic rings. The van der Waals surface area contributed by atoms with Gasteiger partial charge in [0.15, 0.2) is 5.88 Å². The van der Waals surface area contributed by atoms with Crippen LogP contribution >= 0.6 is 0 Å². The molecular weight excluding hydrogens is 224 g/mol. The van der Waals surface area contributed by atoms with Crippen LogP contribution in [0.1, 0.15) is 12.5 Å². The van der Waals surface area contributed by atoms with Crippen molar-refractivity contribution in [2.24, 2.45) is 5.73 Å². The number of rotatable bonds is 7. The first-order chi connectivity index (χ1) is 8.50. The summed E-state index contributed by atoms with van der Waals surface area (Å²) >= 11 is 0. The summed E-state index contributed by atoms with van der Waals surface area (Å²) in [6.07, 6.45) is 0.797. The molecule has 98 valence electrons. The molecule has 1 aromatic carbocycles. The van der Waals surface area contributed by atoms with E-state index in [0.29, 0.717) is 12.5 Å². The highest BCUT2D eigenvalue weighted by atomic mass is 16.5. The van der Waals surface area contributed by atoms with Gasteiger partial charge in [-0.3, -0.25) is 0 Å². The van der Waals surface area contributed by atoms with Gasteiger partial charge in [0.25, 0.3) is 0 Å². The number of benzene rings is 1. The monoisotopic (exact) mass is 246 g/mol. The molecule has 0 aliphatic carbocycles. The molecule has 18 heavy (non-hydrogen) atoms. The summed E-state index contributed by atoms with van der Waals surface area (Å²) in [5, 5.41) is 0. The molecule has 0 heterocycles. The van der Waals surface area contributed by atoms with E-state index in [1.165, 1.54) is 5.56 Å². The maximum atomic E-state index is 6.02. The average Bonchev–Trinajstić information content (AvgIpc) is 2.36. The molecule has 0 aromatic heterocycles. The van der Waals surface area contributed by atoms with Crippen LogP contribution in [0, 0.1) is 0 Å². The molecule has 0 amide bonds. The smallest absolute Gasteiger partial charge is 0.185 e. The third-order valence-electron chi connectivity index (χ3n) is 2.75. The lowest BCUT2D eigenvalue weighted by molar-refractivity contribution is 0.133. The lowest BCUT2D eigenvalue weighted by Gasteiger charge is -2.23. The van der Waals surface area contributed by atoms with Gasteiger partial charge in [-0.05, 0) is 25.5 Å². The molecule has 0 bridgehead atoms. The highest BCUT2D eigenvalue weighted by molar-refractivity contribution is 5.15. The molecule has 2 N–H and O–H groups in total. The molecule has 0 saturated heterocycles. The van der Waals surface area contributed by atoms with Gasteiger partial charge in [0.1, 0.15) is 6.61 Å². The van der Waals surface area contributed by atoms with Crippen LogP contribution < -0.4 is 5.73 Å². The molecule has 3 nitrogen and oxygen atoms in total. The first-order valence-corrected chi connectivity index (χ1v) is 6.01. The Morgan fingerprint density at radius 1 is 1.33 bits per heavy atom. The standard InChI is InChI=1S/C15H22N2O/c1-12(2)17(4)13(3)18-11-15(16)10-14-8-6-5-7-9-14/h5-9,15H,1,3,10-11,16H2,2,4H3/t15-/m1/s1. The van der Waals surface area contributed by atoms with Crippen molar-refractivity contribution in [1.29, 1.82) is 0 Å². The number of hydrogen-bond donors (Lipinski definition) is 1. The molecule has 0 aliphatic heterocycles. The van der Waals surface area contributed by atoms with Crippen LogP contribution in [0.5, 0.6) is 0 Å². The zero-order valence-electron chi connectivity index (χ0n) is 11.2. The summed E-state index contributed by atoms with van der Waals surface area (Å²) < 4.78 is 5.54. The molecule has 0 spiro atoms. The van der Waals surface area contributed by atoms with Gasteiger partial charge in [0.2, 0.25) is 0 Å². The Hall–Kier alpha value is -1.74. The first-order valence-electron chi connectivity index (χ1n) is 6.01. The highest BCUT2D eigenvalue weighted by Gasteiger charge is 2.08. The van der Waals surface area contributed by atoms with Crippen LogP contribution in [0.15, 0.2) is 55.1 Å². The Balaban J connectivity index is 2.35. The molecular formula is C15H22N2O. The van der Waals surface area contributed by atoms with Crippen LogP contribution in [-0.2, 0) is 11.2 Å². The number of nitrogens with zero attached hydrogens (tertiary/aromatic N) is 1. The normalized spacial score (nSPS) is 11.7. The molecule has 0 saturated carbocycles. The Labute approximate surface area is 110 Å². The van der Waals surface area contributed by atoms with E-state index in [2.05, 4.69) is 25.3 Å². The second-order valence-corrected chi connectivity index (χ2v) is 4.45. The predicted octanol–water partition coefficient (Wildman–Crippen LogP) is 2.51. The number of ether oxygens (including phenoxy) is 1.